The van der Waals surface area contributed by atoms with Crippen LogP contribution in [-0.2, 0) is 12.1 Å². The molecule has 1 aliphatic carbocycles. The largest absolute Gasteiger partial charge is 0.357 e. The van der Waals surface area contributed by atoms with Gasteiger partial charge in [0.15, 0.2) is 0 Å². The molecule has 6 heteroatoms. The number of hydrogen-bond donors (Lipinski definition) is 2. The Kier molecular flexibility index (Phi) is 4.02. The predicted molar refractivity (Wildman–Crippen MR) is 85.8 cm³/mol. The maximum Gasteiger partial charge on any atom is 0.222 e. The fourth-order valence-electron chi connectivity index (χ4n) is 2.39. The molecule has 0 radical (unpaired) electrons. The lowest BCUT2D eigenvalue weighted by Gasteiger charge is -2.19. The Bertz CT molecular complexity index is 639. The number of aromatic nitrogens is 2. The summed E-state index contributed by atoms with van der Waals surface area (Å²) in [4.78, 5) is 8.43. The Morgan fingerprint density at radius 3 is 2.48 bits per heavy atom. The predicted octanol–water partition coefficient (Wildman–Crippen LogP) is 3.60. The molecule has 1 heterocycles. The van der Waals surface area contributed by atoms with Gasteiger partial charge in [0, 0.05) is 47.1 Å². The number of nitrogens with zero attached hydrogens (tertiary/aromatic N) is 2. The van der Waals surface area contributed by atoms with Crippen molar-refractivity contribution in [3.8, 4) is 0 Å². The molecule has 1 aliphatic rings. The van der Waals surface area contributed by atoms with E-state index in [2.05, 4.69) is 20.6 Å². The zero-order valence-electron chi connectivity index (χ0n) is 11.7. The lowest BCUT2D eigenvalue weighted by atomic mass is 10.0. The highest BCUT2D eigenvalue weighted by molar-refractivity contribution is 6.35. The highest BCUT2D eigenvalue weighted by Gasteiger charge is 2.45. The summed E-state index contributed by atoms with van der Waals surface area (Å²) in [6.07, 6.45) is 5.80. The zero-order chi connectivity index (χ0) is 14.9. The standard InChI is InChI=1S/C15H16Cl2N4/c1-18-14-19-7-10(8-20-14)9-21-15(4-5-15)12-3-2-11(16)6-13(12)17/h2-3,6-8,21H,4-5,9H2,1H3,(H,18,19,20). The summed E-state index contributed by atoms with van der Waals surface area (Å²) in [5.74, 6) is 0.626. The highest BCUT2D eigenvalue weighted by Crippen LogP contribution is 2.48. The maximum atomic E-state index is 6.32. The summed E-state index contributed by atoms with van der Waals surface area (Å²) in [6.45, 7) is 0.711. The van der Waals surface area contributed by atoms with Crippen LogP contribution in [0.4, 0.5) is 5.95 Å². The van der Waals surface area contributed by atoms with E-state index in [0.29, 0.717) is 22.5 Å². The van der Waals surface area contributed by atoms with Crippen LogP contribution >= 0.6 is 23.2 Å². The monoisotopic (exact) mass is 322 g/mol. The minimum Gasteiger partial charge on any atom is -0.357 e. The third-order valence-electron chi connectivity index (χ3n) is 3.76. The van der Waals surface area contributed by atoms with Crippen LogP contribution in [0.5, 0.6) is 0 Å². The second-order valence-electron chi connectivity index (χ2n) is 5.22. The molecule has 1 saturated carbocycles. The third-order valence-corrected chi connectivity index (χ3v) is 4.30. The van der Waals surface area contributed by atoms with Crippen molar-refractivity contribution in [2.24, 2.45) is 0 Å². The van der Waals surface area contributed by atoms with E-state index in [0.717, 1.165) is 24.0 Å². The second-order valence-corrected chi connectivity index (χ2v) is 6.07. The van der Waals surface area contributed by atoms with Gasteiger partial charge < -0.3 is 10.6 Å². The Labute approximate surface area is 133 Å². The maximum absolute atomic E-state index is 6.32. The molecule has 110 valence electrons. The van der Waals surface area contributed by atoms with Crippen LogP contribution in [0.3, 0.4) is 0 Å². The van der Waals surface area contributed by atoms with E-state index in [1.54, 1.807) is 13.1 Å². The van der Waals surface area contributed by atoms with Gasteiger partial charge in [0.2, 0.25) is 5.95 Å². The molecule has 1 aromatic heterocycles. The SMILES string of the molecule is CNc1ncc(CNC2(c3ccc(Cl)cc3Cl)CC2)cn1. The first-order chi connectivity index (χ1) is 10.1. The first kappa shape index (κ1) is 14.6. The Morgan fingerprint density at radius 1 is 1.19 bits per heavy atom. The van der Waals surface area contributed by atoms with E-state index in [-0.39, 0.29) is 5.54 Å². The van der Waals surface area contributed by atoms with Crippen LogP contribution in [0, 0.1) is 0 Å². The van der Waals surface area contributed by atoms with Gasteiger partial charge in [-0.1, -0.05) is 29.3 Å². The average Bonchev–Trinajstić information content (AvgIpc) is 3.26. The van der Waals surface area contributed by atoms with Gasteiger partial charge in [0.1, 0.15) is 0 Å². The molecule has 0 bridgehead atoms. The second kappa shape index (κ2) is 5.79. The van der Waals surface area contributed by atoms with Crippen LogP contribution in [0.25, 0.3) is 0 Å². The van der Waals surface area contributed by atoms with E-state index < -0.39 is 0 Å². The average molecular weight is 323 g/mol. The van der Waals surface area contributed by atoms with Gasteiger partial charge in [-0.15, -0.1) is 0 Å². The quantitative estimate of drug-likeness (QED) is 0.883. The Balaban J connectivity index is 1.71. The van der Waals surface area contributed by atoms with Crippen LogP contribution in [-0.4, -0.2) is 17.0 Å². The molecule has 1 aromatic carbocycles. The fourth-order valence-corrected chi connectivity index (χ4v) is 2.98. The third kappa shape index (κ3) is 3.12. The molecule has 2 N–H and O–H groups in total. The minimum atomic E-state index is -0.0383. The molecular formula is C15H16Cl2N4. The van der Waals surface area contributed by atoms with Crippen LogP contribution in [0.2, 0.25) is 10.0 Å². The Hall–Kier alpha value is -1.36. The minimum absolute atomic E-state index is 0.0383. The number of benzene rings is 1. The normalized spacial score (nSPS) is 15.8. The first-order valence-electron chi connectivity index (χ1n) is 6.82. The van der Waals surface area contributed by atoms with Gasteiger partial charge in [0.25, 0.3) is 0 Å². The van der Waals surface area contributed by atoms with Crippen molar-refractivity contribution in [1.29, 1.82) is 0 Å². The number of rotatable bonds is 5. The molecule has 2 aromatic rings. The van der Waals surface area contributed by atoms with Crippen molar-refractivity contribution in [3.05, 3.63) is 51.8 Å². The first-order valence-corrected chi connectivity index (χ1v) is 7.58. The molecule has 0 unspecified atom stereocenters. The van der Waals surface area contributed by atoms with E-state index in [1.807, 2.05) is 24.5 Å². The van der Waals surface area contributed by atoms with E-state index in [9.17, 15) is 0 Å². The zero-order valence-corrected chi connectivity index (χ0v) is 13.2. The van der Waals surface area contributed by atoms with Crippen LogP contribution in [0.15, 0.2) is 30.6 Å². The van der Waals surface area contributed by atoms with Crippen LogP contribution in [0.1, 0.15) is 24.0 Å². The number of nitrogens with one attached hydrogen (secondary N) is 2. The van der Waals surface area contributed by atoms with E-state index in [1.165, 1.54) is 0 Å². The smallest absolute Gasteiger partial charge is 0.222 e. The number of hydrogen-bond acceptors (Lipinski definition) is 4. The Morgan fingerprint density at radius 2 is 1.90 bits per heavy atom. The van der Waals surface area contributed by atoms with Gasteiger partial charge in [-0.25, -0.2) is 9.97 Å². The lowest BCUT2D eigenvalue weighted by Crippen LogP contribution is -2.28. The molecule has 1 fully saturated rings. The van der Waals surface area contributed by atoms with Crippen molar-refractivity contribution < 1.29 is 0 Å². The van der Waals surface area contributed by atoms with Crippen molar-refractivity contribution in [2.75, 3.05) is 12.4 Å². The summed E-state index contributed by atoms with van der Waals surface area (Å²) in [5, 5.41) is 7.86. The van der Waals surface area contributed by atoms with Crippen molar-refractivity contribution in [2.45, 2.75) is 24.9 Å². The highest BCUT2D eigenvalue weighted by atomic mass is 35.5. The van der Waals surface area contributed by atoms with Gasteiger partial charge in [-0.3, -0.25) is 0 Å². The summed E-state index contributed by atoms with van der Waals surface area (Å²) in [5.41, 5.74) is 2.12. The lowest BCUT2D eigenvalue weighted by molar-refractivity contribution is 0.517. The molecule has 0 spiro atoms. The van der Waals surface area contributed by atoms with Gasteiger partial charge in [-0.2, -0.15) is 0 Å². The van der Waals surface area contributed by atoms with Crippen LogP contribution < -0.4 is 10.6 Å². The van der Waals surface area contributed by atoms with Crippen molar-refractivity contribution in [3.63, 3.8) is 0 Å². The molecule has 3 rings (SSSR count). The van der Waals surface area contributed by atoms with Crippen molar-refractivity contribution in [1.82, 2.24) is 15.3 Å². The molecular weight excluding hydrogens is 307 g/mol. The van der Waals surface area contributed by atoms with Gasteiger partial charge in [0.05, 0.1) is 0 Å². The van der Waals surface area contributed by atoms with Gasteiger partial charge >= 0.3 is 0 Å². The summed E-state index contributed by atoms with van der Waals surface area (Å²) in [7, 11) is 1.80. The molecule has 0 saturated heterocycles. The summed E-state index contributed by atoms with van der Waals surface area (Å²) < 4.78 is 0. The fraction of sp³-hybridized carbons (Fsp3) is 0.333. The van der Waals surface area contributed by atoms with Gasteiger partial charge in [-0.05, 0) is 30.5 Å². The molecule has 21 heavy (non-hydrogen) atoms. The summed E-state index contributed by atoms with van der Waals surface area (Å²) >= 11 is 12.3. The molecule has 0 aliphatic heterocycles. The summed E-state index contributed by atoms with van der Waals surface area (Å²) in [6, 6.07) is 5.69. The van der Waals surface area contributed by atoms with Crippen molar-refractivity contribution >= 4 is 29.2 Å². The number of halogens is 2. The molecule has 0 atom stereocenters. The topological polar surface area (TPSA) is 49.8 Å². The number of anilines is 1. The molecule has 4 nitrogen and oxygen atoms in total. The molecule has 0 amide bonds. The van der Waals surface area contributed by atoms with E-state index in [4.69, 9.17) is 23.2 Å². The van der Waals surface area contributed by atoms with E-state index >= 15 is 0 Å².